The molecule has 170 valence electrons. The summed E-state index contributed by atoms with van der Waals surface area (Å²) in [6.07, 6.45) is 0. The topological polar surface area (TPSA) is 114 Å². The lowest BCUT2D eigenvalue weighted by atomic mass is 9.80. The van der Waals surface area contributed by atoms with Crippen molar-refractivity contribution in [3.8, 4) is 5.75 Å². The number of aromatic carboxylic acids is 1. The predicted octanol–water partition coefficient (Wildman–Crippen LogP) is 5.05. The number of hydrogen-bond donors (Lipinski definition) is 4. The van der Waals surface area contributed by atoms with Crippen LogP contribution < -0.4 is 21.1 Å². The minimum Gasteiger partial charge on any atom is -0.494 e. The van der Waals surface area contributed by atoms with Gasteiger partial charge >= 0.3 is 5.97 Å². The van der Waals surface area contributed by atoms with E-state index in [1.807, 2.05) is 6.92 Å². The largest absolute Gasteiger partial charge is 0.494 e. The van der Waals surface area contributed by atoms with E-state index in [-0.39, 0.29) is 5.56 Å². The van der Waals surface area contributed by atoms with Crippen LogP contribution in [0.2, 0.25) is 10.0 Å². The summed E-state index contributed by atoms with van der Waals surface area (Å²) in [5, 5.41) is 16.7. The molecule has 1 aliphatic rings. The highest BCUT2D eigenvalue weighted by atomic mass is 35.5. The minimum atomic E-state index is -1.38. The zero-order chi connectivity index (χ0) is 23.8. The summed E-state index contributed by atoms with van der Waals surface area (Å²) in [5.74, 6) is -2.05. The Morgan fingerprint density at radius 1 is 1.03 bits per heavy atom. The van der Waals surface area contributed by atoms with Gasteiger partial charge in [-0.2, -0.15) is 0 Å². The Morgan fingerprint density at radius 2 is 1.67 bits per heavy atom. The van der Waals surface area contributed by atoms with Gasteiger partial charge in [0.2, 0.25) is 5.91 Å². The minimum absolute atomic E-state index is 0.0841. The van der Waals surface area contributed by atoms with Crippen LogP contribution in [-0.4, -0.2) is 23.6 Å². The summed E-state index contributed by atoms with van der Waals surface area (Å²) in [6.45, 7) is 2.38. The van der Waals surface area contributed by atoms with Gasteiger partial charge in [0, 0.05) is 15.6 Å². The number of carboxylic acid groups (broad SMARTS) is 1. The third kappa shape index (κ3) is 4.05. The Hall–Kier alpha value is -3.42. The fourth-order valence-electron chi connectivity index (χ4n) is 4.18. The molecule has 0 fully saturated rings. The number of amides is 1. The Kier molecular flexibility index (Phi) is 6.10. The van der Waals surface area contributed by atoms with Gasteiger partial charge in [-0.3, -0.25) is 4.79 Å². The van der Waals surface area contributed by atoms with Crippen LogP contribution in [0.15, 0.2) is 60.7 Å². The molecule has 0 saturated heterocycles. The van der Waals surface area contributed by atoms with E-state index >= 15 is 0 Å². The summed E-state index contributed by atoms with van der Waals surface area (Å²) in [4.78, 5) is 24.5. The highest BCUT2D eigenvalue weighted by molar-refractivity contribution is 6.36. The number of carbonyl (C=O) groups excluding carboxylic acids is 1. The van der Waals surface area contributed by atoms with Gasteiger partial charge in [0.25, 0.3) is 0 Å². The molecule has 2 unspecified atom stereocenters. The fraction of sp³-hybridized carbons (Fsp3) is 0.167. The number of benzene rings is 3. The first-order valence-corrected chi connectivity index (χ1v) is 10.9. The molecule has 3 aromatic carbocycles. The molecule has 0 aromatic heterocycles. The van der Waals surface area contributed by atoms with E-state index in [2.05, 4.69) is 10.6 Å². The lowest BCUT2D eigenvalue weighted by molar-refractivity contribution is -0.120. The van der Waals surface area contributed by atoms with Crippen LogP contribution in [0.5, 0.6) is 5.75 Å². The van der Waals surface area contributed by atoms with E-state index in [1.54, 1.807) is 48.5 Å². The van der Waals surface area contributed by atoms with Crippen molar-refractivity contribution < 1.29 is 19.4 Å². The lowest BCUT2D eigenvalue weighted by Gasteiger charge is -2.39. The first kappa shape index (κ1) is 22.8. The number of fused-ring (bicyclic) bond motifs is 1. The monoisotopic (exact) mass is 485 g/mol. The number of anilines is 2. The van der Waals surface area contributed by atoms with Gasteiger partial charge in [-0.25, -0.2) is 4.79 Å². The molecule has 2 atom stereocenters. The lowest BCUT2D eigenvalue weighted by Crippen LogP contribution is -2.50. The molecule has 0 saturated carbocycles. The zero-order valence-electron chi connectivity index (χ0n) is 17.6. The average molecular weight is 486 g/mol. The number of ether oxygens (including phenoxy) is 1. The Balaban J connectivity index is 1.92. The van der Waals surface area contributed by atoms with Crippen molar-refractivity contribution in [2.45, 2.75) is 18.5 Å². The van der Waals surface area contributed by atoms with E-state index in [4.69, 9.17) is 33.7 Å². The van der Waals surface area contributed by atoms with Crippen molar-refractivity contribution in [2.75, 3.05) is 17.2 Å². The molecular formula is C24H21Cl2N3O4. The molecule has 33 heavy (non-hydrogen) atoms. The van der Waals surface area contributed by atoms with Gasteiger partial charge < -0.3 is 26.2 Å². The maximum atomic E-state index is 13.0. The summed E-state index contributed by atoms with van der Waals surface area (Å²) in [5.41, 5.74) is 6.71. The third-order valence-electron chi connectivity index (χ3n) is 5.53. The molecule has 3 aromatic rings. The van der Waals surface area contributed by atoms with Crippen molar-refractivity contribution in [3.63, 3.8) is 0 Å². The second-order valence-electron chi connectivity index (χ2n) is 7.56. The summed E-state index contributed by atoms with van der Waals surface area (Å²) in [6, 6.07) is 16.6. The first-order chi connectivity index (χ1) is 15.8. The molecule has 5 N–H and O–H groups in total. The number of nitrogens with one attached hydrogen (secondary N) is 2. The van der Waals surface area contributed by atoms with Crippen LogP contribution in [-0.2, 0) is 10.5 Å². The van der Waals surface area contributed by atoms with E-state index in [0.717, 1.165) is 0 Å². The third-order valence-corrected chi connectivity index (χ3v) is 6.16. The summed E-state index contributed by atoms with van der Waals surface area (Å²) in [7, 11) is 0. The van der Waals surface area contributed by atoms with E-state index in [1.165, 1.54) is 12.1 Å². The summed E-state index contributed by atoms with van der Waals surface area (Å²) < 4.78 is 5.52. The number of hydrogen-bond acceptors (Lipinski definition) is 5. The van der Waals surface area contributed by atoms with E-state index in [9.17, 15) is 14.7 Å². The quantitative estimate of drug-likeness (QED) is 0.372. The molecule has 1 amide bonds. The fourth-order valence-corrected chi connectivity index (χ4v) is 4.88. The Bertz CT molecular complexity index is 1210. The molecule has 0 spiro atoms. The molecule has 4 rings (SSSR count). The molecule has 7 nitrogen and oxygen atoms in total. The predicted molar refractivity (Wildman–Crippen MR) is 128 cm³/mol. The van der Waals surface area contributed by atoms with Crippen LogP contribution in [0.1, 0.15) is 34.3 Å². The highest BCUT2D eigenvalue weighted by Crippen LogP contribution is 2.51. The maximum absolute atomic E-state index is 13.0. The van der Waals surface area contributed by atoms with Crippen LogP contribution in [0.25, 0.3) is 0 Å². The smallest absolute Gasteiger partial charge is 0.335 e. The second kappa shape index (κ2) is 8.84. The van der Waals surface area contributed by atoms with Crippen molar-refractivity contribution >= 4 is 46.5 Å². The number of carbonyl (C=O) groups is 2. The Labute approximate surface area is 200 Å². The van der Waals surface area contributed by atoms with Crippen molar-refractivity contribution in [2.24, 2.45) is 5.73 Å². The number of nitrogens with two attached hydrogens (primary N) is 1. The molecule has 1 aliphatic heterocycles. The van der Waals surface area contributed by atoms with Gasteiger partial charge in [0.1, 0.15) is 11.7 Å². The van der Waals surface area contributed by atoms with Gasteiger partial charge in [-0.15, -0.1) is 0 Å². The van der Waals surface area contributed by atoms with Crippen molar-refractivity contribution in [3.05, 3.63) is 87.4 Å². The standard InChI is InChI=1S/C24H21Cl2N3O4/c1-2-33-15-9-6-13(7-10-15)20(22(27)30)24(21-16(25)4-3-5-17(21)26)28-18-11-8-14(23(31)32)12-19(18)29-24/h3-12,20,28-29H,2H2,1H3,(H2,27,30)(H,31,32). The highest BCUT2D eigenvalue weighted by Gasteiger charge is 2.51. The van der Waals surface area contributed by atoms with Gasteiger partial charge in [-0.05, 0) is 55.0 Å². The van der Waals surface area contributed by atoms with Crippen LogP contribution in [0, 0.1) is 0 Å². The van der Waals surface area contributed by atoms with Crippen molar-refractivity contribution in [1.82, 2.24) is 0 Å². The SMILES string of the molecule is CCOc1ccc(C(C(N)=O)C2(c3c(Cl)cccc3Cl)Nc3ccc(C(=O)O)cc3N2)cc1. The van der Waals surface area contributed by atoms with E-state index < -0.39 is 23.5 Å². The second-order valence-corrected chi connectivity index (χ2v) is 8.37. The average Bonchev–Trinajstić information content (AvgIpc) is 3.13. The molecule has 0 bridgehead atoms. The van der Waals surface area contributed by atoms with Crippen LogP contribution in [0.4, 0.5) is 11.4 Å². The maximum Gasteiger partial charge on any atom is 0.335 e. The molecule has 1 heterocycles. The Morgan fingerprint density at radius 3 is 2.24 bits per heavy atom. The van der Waals surface area contributed by atoms with Crippen LogP contribution >= 0.6 is 23.2 Å². The molecule has 0 radical (unpaired) electrons. The first-order valence-electron chi connectivity index (χ1n) is 10.2. The number of rotatable bonds is 7. The molecule has 9 heteroatoms. The number of carboxylic acids is 1. The van der Waals surface area contributed by atoms with Gasteiger partial charge in [-0.1, -0.05) is 41.4 Å². The van der Waals surface area contributed by atoms with E-state index in [0.29, 0.717) is 44.9 Å². The zero-order valence-corrected chi connectivity index (χ0v) is 19.1. The normalized spacial score (nSPS) is 17.4. The summed E-state index contributed by atoms with van der Waals surface area (Å²) >= 11 is 13.2. The number of halogens is 2. The molecule has 0 aliphatic carbocycles. The molecular weight excluding hydrogens is 465 g/mol. The van der Waals surface area contributed by atoms with Gasteiger partial charge in [0.05, 0.1) is 23.5 Å². The number of primary amides is 1. The van der Waals surface area contributed by atoms with Gasteiger partial charge in [0.15, 0.2) is 5.66 Å². The van der Waals surface area contributed by atoms with Crippen LogP contribution in [0.3, 0.4) is 0 Å². The van der Waals surface area contributed by atoms with Crippen molar-refractivity contribution in [1.29, 1.82) is 0 Å².